The molecule has 7 heteroatoms. The number of aliphatic imine (C=N–C) groups is 1. The van der Waals surface area contributed by atoms with Gasteiger partial charge in [-0.25, -0.2) is 0 Å². The number of unbranched alkanes of at least 4 members (excludes halogenated alkanes) is 1. The molecule has 0 aliphatic heterocycles. The maximum Gasteiger partial charge on any atom is 0.222 e. The molecule has 1 rings (SSSR count). The number of amides is 1. The number of halogens is 1. The van der Waals surface area contributed by atoms with Gasteiger partial charge in [0.25, 0.3) is 0 Å². The third-order valence-corrected chi connectivity index (χ3v) is 3.89. The minimum absolute atomic E-state index is 0. The number of ether oxygens (including phenoxy) is 1. The van der Waals surface area contributed by atoms with Crippen molar-refractivity contribution in [2.45, 2.75) is 40.0 Å². The van der Waals surface area contributed by atoms with E-state index in [1.165, 1.54) is 5.56 Å². The number of rotatable bonds is 11. The summed E-state index contributed by atoms with van der Waals surface area (Å²) in [6.45, 7) is 8.68. The Labute approximate surface area is 181 Å². The van der Waals surface area contributed by atoms with Crippen LogP contribution in [0.15, 0.2) is 29.3 Å². The molecule has 0 aliphatic rings. The van der Waals surface area contributed by atoms with E-state index in [-0.39, 0.29) is 35.8 Å². The molecule has 0 bridgehead atoms. The lowest BCUT2D eigenvalue weighted by Crippen LogP contribution is -2.42. The highest BCUT2D eigenvalue weighted by atomic mass is 127. The highest BCUT2D eigenvalue weighted by Crippen LogP contribution is 2.13. The van der Waals surface area contributed by atoms with Crippen LogP contribution in [-0.2, 0) is 11.2 Å². The number of nitrogens with zero attached hydrogens (tertiary/aromatic N) is 1. The Hall–Kier alpha value is -1.51. The second-order valence-electron chi connectivity index (χ2n) is 6.44. The fourth-order valence-corrected chi connectivity index (χ4v) is 2.34. The van der Waals surface area contributed by atoms with Crippen LogP contribution in [0.25, 0.3) is 0 Å². The molecular weight excluding hydrogens is 455 g/mol. The molecule has 6 nitrogen and oxygen atoms in total. The second-order valence-corrected chi connectivity index (χ2v) is 6.44. The van der Waals surface area contributed by atoms with E-state index in [0.717, 1.165) is 44.1 Å². The fourth-order valence-electron chi connectivity index (χ4n) is 2.34. The Balaban J connectivity index is 0.00000676. The van der Waals surface area contributed by atoms with Gasteiger partial charge in [0.05, 0.1) is 7.11 Å². The molecule has 154 valence electrons. The lowest BCUT2D eigenvalue weighted by molar-refractivity contribution is -0.123. The first-order chi connectivity index (χ1) is 12.6. The monoisotopic (exact) mass is 490 g/mol. The zero-order valence-corrected chi connectivity index (χ0v) is 19.3. The van der Waals surface area contributed by atoms with Gasteiger partial charge in [-0.05, 0) is 43.9 Å². The van der Waals surface area contributed by atoms with E-state index < -0.39 is 0 Å². The summed E-state index contributed by atoms with van der Waals surface area (Å²) in [5.41, 5.74) is 1.32. The van der Waals surface area contributed by atoms with Crippen molar-refractivity contribution in [3.63, 3.8) is 0 Å². The number of guanidine groups is 1. The zero-order valence-electron chi connectivity index (χ0n) is 17.0. The lowest BCUT2D eigenvalue weighted by atomic mass is 10.1. The first kappa shape index (κ1) is 25.5. The normalized spacial score (nSPS) is 10.9. The van der Waals surface area contributed by atoms with Crippen LogP contribution in [-0.4, -0.2) is 45.2 Å². The van der Waals surface area contributed by atoms with Gasteiger partial charge in [-0.15, -0.1) is 24.0 Å². The fraction of sp³-hybridized carbons (Fsp3) is 0.600. The molecule has 0 aromatic heterocycles. The molecule has 0 radical (unpaired) electrons. The zero-order chi connectivity index (χ0) is 19.2. The van der Waals surface area contributed by atoms with Crippen molar-refractivity contribution >= 4 is 35.8 Å². The molecule has 27 heavy (non-hydrogen) atoms. The van der Waals surface area contributed by atoms with Crippen LogP contribution in [0.1, 0.15) is 39.2 Å². The van der Waals surface area contributed by atoms with E-state index in [2.05, 4.69) is 33.1 Å². The minimum atomic E-state index is 0. The van der Waals surface area contributed by atoms with Crippen molar-refractivity contribution < 1.29 is 9.53 Å². The maximum atomic E-state index is 11.5. The van der Waals surface area contributed by atoms with Gasteiger partial charge < -0.3 is 20.7 Å². The Kier molecular flexibility index (Phi) is 14.7. The molecular formula is C20H35IN4O2. The van der Waals surface area contributed by atoms with E-state index in [1.807, 2.05) is 32.9 Å². The standard InChI is InChI=1S/C20H34N4O2.HI/c1-5-21-20(24-15-14-22-19(25)16(2)3)23-13-7-6-8-17-9-11-18(26-4)12-10-17;/h9-12,16H,5-8,13-15H2,1-4H3,(H,22,25)(H2,21,23,24);1H. The van der Waals surface area contributed by atoms with Crippen molar-refractivity contribution in [1.82, 2.24) is 16.0 Å². The Bertz CT molecular complexity index is 547. The van der Waals surface area contributed by atoms with E-state index in [0.29, 0.717) is 13.1 Å². The Morgan fingerprint density at radius 2 is 1.74 bits per heavy atom. The van der Waals surface area contributed by atoms with Crippen LogP contribution in [0.4, 0.5) is 0 Å². The van der Waals surface area contributed by atoms with E-state index in [4.69, 9.17) is 4.74 Å². The third-order valence-electron chi connectivity index (χ3n) is 3.89. The minimum Gasteiger partial charge on any atom is -0.497 e. The van der Waals surface area contributed by atoms with Crippen molar-refractivity contribution in [2.24, 2.45) is 10.9 Å². The van der Waals surface area contributed by atoms with Gasteiger partial charge in [0.2, 0.25) is 5.91 Å². The van der Waals surface area contributed by atoms with E-state index >= 15 is 0 Å². The maximum absolute atomic E-state index is 11.5. The highest BCUT2D eigenvalue weighted by Gasteiger charge is 2.05. The molecule has 0 fully saturated rings. The van der Waals surface area contributed by atoms with Gasteiger partial charge in [-0.1, -0.05) is 26.0 Å². The summed E-state index contributed by atoms with van der Waals surface area (Å²) in [7, 11) is 1.68. The average Bonchev–Trinajstić information content (AvgIpc) is 2.64. The van der Waals surface area contributed by atoms with Gasteiger partial charge in [0, 0.05) is 32.1 Å². The van der Waals surface area contributed by atoms with Crippen LogP contribution >= 0.6 is 24.0 Å². The predicted molar refractivity (Wildman–Crippen MR) is 123 cm³/mol. The number of hydrogen-bond donors (Lipinski definition) is 3. The lowest BCUT2D eigenvalue weighted by Gasteiger charge is -2.12. The predicted octanol–water partition coefficient (Wildman–Crippen LogP) is 2.96. The number of methoxy groups -OCH3 is 1. The number of benzene rings is 1. The summed E-state index contributed by atoms with van der Waals surface area (Å²) in [4.78, 5) is 16.1. The Morgan fingerprint density at radius 3 is 2.33 bits per heavy atom. The summed E-state index contributed by atoms with van der Waals surface area (Å²) in [5, 5.41) is 9.36. The first-order valence-corrected chi connectivity index (χ1v) is 9.49. The van der Waals surface area contributed by atoms with E-state index in [1.54, 1.807) is 7.11 Å². The smallest absolute Gasteiger partial charge is 0.222 e. The van der Waals surface area contributed by atoms with Gasteiger partial charge in [-0.3, -0.25) is 9.79 Å². The highest BCUT2D eigenvalue weighted by molar-refractivity contribution is 14.0. The van der Waals surface area contributed by atoms with Crippen LogP contribution in [0.2, 0.25) is 0 Å². The molecule has 0 unspecified atom stereocenters. The number of hydrogen-bond acceptors (Lipinski definition) is 3. The molecule has 0 saturated heterocycles. The van der Waals surface area contributed by atoms with Gasteiger partial charge >= 0.3 is 0 Å². The molecule has 0 atom stereocenters. The number of carbonyl (C=O) groups is 1. The topological polar surface area (TPSA) is 74.8 Å². The Morgan fingerprint density at radius 1 is 1.07 bits per heavy atom. The van der Waals surface area contributed by atoms with Crippen LogP contribution < -0.4 is 20.7 Å². The molecule has 1 amide bonds. The van der Waals surface area contributed by atoms with Crippen molar-refractivity contribution in [2.75, 3.05) is 33.3 Å². The quantitative estimate of drug-likeness (QED) is 0.193. The SMILES string of the molecule is CCNC(=NCCCCc1ccc(OC)cc1)NCCNC(=O)C(C)C.I. The van der Waals surface area contributed by atoms with Crippen molar-refractivity contribution in [3.05, 3.63) is 29.8 Å². The molecule has 0 spiro atoms. The second kappa shape index (κ2) is 15.5. The molecule has 1 aromatic rings. The van der Waals surface area contributed by atoms with E-state index in [9.17, 15) is 4.79 Å². The largest absolute Gasteiger partial charge is 0.497 e. The summed E-state index contributed by atoms with van der Waals surface area (Å²) >= 11 is 0. The first-order valence-electron chi connectivity index (χ1n) is 9.49. The molecule has 0 heterocycles. The molecule has 0 saturated carbocycles. The molecule has 0 aliphatic carbocycles. The number of aryl methyl sites for hydroxylation is 1. The van der Waals surface area contributed by atoms with Crippen molar-refractivity contribution in [1.29, 1.82) is 0 Å². The summed E-state index contributed by atoms with van der Waals surface area (Å²) < 4.78 is 5.17. The number of carbonyl (C=O) groups excluding carboxylic acids is 1. The van der Waals surface area contributed by atoms with Crippen LogP contribution in [0, 0.1) is 5.92 Å². The van der Waals surface area contributed by atoms with Crippen molar-refractivity contribution in [3.8, 4) is 5.75 Å². The molecule has 3 N–H and O–H groups in total. The van der Waals surface area contributed by atoms with Gasteiger partial charge in [-0.2, -0.15) is 0 Å². The number of nitrogens with one attached hydrogen (secondary N) is 3. The third kappa shape index (κ3) is 11.7. The molecule has 1 aromatic carbocycles. The average molecular weight is 490 g/mol. The van der Waals surface area contributed by atoms with Crippen LogP contribution in [0.5, 0.6) is 5.75 Å². The summed E-state index contributed by atoms with van der Waals surface area (Å²) in [6, 6.07) is 8.22. The summed E-state index contributed by atoms with van der Waals surface area (Å²) in [6.07, 6.45) is 3.18. The van der Waals surface area contributed by atoms with Gasteiger partial charge in [0.15, 0.2) is 5.96 Å². The van der Waals surface area contributed by atoms with Crippen LogP contribution in [0.3, 0.4) is 0 Å². The summed E-state index contributed by atoms with van der Waals surface area (Å²) in [5.74, 6) is 1.79. The van der Waals surface area contributed by atoms with Gasteiger partial charge in [0.1, 0.15) is 5.75 Å².